The monoisotopic (exact) mass is 460 g/mol. The molecule has 2 aromatic carbocycles. The molecule has 1 amide bonds. The molecule has 0 atom stereocenters. The Morgan fingerprint density at radius 1 is 1.06 bits per heavy atom. The Morgan fingerprint density at radius 2 is 1.78 bits per heavy atom. The van der Waals surface area contributed by atoms with Crippen LogP contribution in [0.1, 0.15) is 55.5 Å². The highest BCUT2D eigenvalue weighted by atomic mass is 32.2. The number of amides is 1. The molecule has 1 heterocycles. The molecule has 0 bridgehead atoms. The van der Waals surface area contributed by atoms with Crippen LogP contribution in [0.5, 0.6) is 11.5 Å². The number of sulfonamides is 1. The quantitative estimate of drug-likeness (QED) is 0.644. The van der Waals surface area contributed by atoms with Crippen LogP contribution in [0.15, 0.2) is 47.4 Å². The minimum Gasteiger partial charge on any atom is -0.496 e. The van der Waals surface area contributed by atoms with Crippen molar-refractivity contribution >= 4 is 15.9 Å². The predicted molar refractivity (Wildman–Crippen MR) is 124 cm³/mol. The number of rotatable bonds is 8. The average molecular weight is 461 g/mol. The molecule has 0 saturated carbocycles. The SMILES string of the molecule is COc1ccc(S(=O)(=O)NCc2cccc(OC(C)C)c2)cc1C(=O)N1CCCCCC1. The summed E-state index contributed by atoms with van der Waals surface area (Å²) in [5, 5.41) is 0. The number of nitrogens with zero attached hydrogens (tertiary/aromatic N) is 1. The minimum atomic E-state index is -3.83. The normalized spacial score (nSPS) is 14.8. The topological polar surface area (TPSA) is 84.9 Å². The molecule has 1 saturated heterocycles. The molecule has 7 nitrogen and oxygen atoms in total. The van der Waals surface area contributed by atoms with Crippen LogP contribution in [-0.4, -0.2) is 45.5 Å². The van der Waals surface area contributed by atoms with Gasteiger partial charge in [-0.2, -0.15) is 0 Å². The highest BCUT2D eigenvalue weighted by Gasteiger charge is 2.24. The molecule has 1 aliphatic heterocycles. The summed E-state index contributed by atoms with van der Waals surface area (Å²) < 4.78 is 39.6. The van der Waals surface area contributed by atoms with E-state index >= 15 is 0 Å². The van der Waals surface area contributed by atoms with Gasteiger partial charge in [-0.1, -0.05) is 25.0 Å². The number of benzene rings is 2. The van der Waals surface area contributed by atoms with Crippen molar-refractivity contribution in [1.82, 2.24) is 9.62 Å². The summed E-state index contributed by atoms with van der Waals surface area (Å²) in [7, 11) is -2.35. The maximum absolute atomic E-state index is 13.1. The third-order valence-corrected chi connectivity index (χ3v) is 6.74. The van der Waals surface area contributed by atoms with Gasteiger partial charge in [0.25, 0.3) is 5.91 Å². The van der Waals surface area contributed by atoms with E-state index in [1.807, 2.05) is 38.1 Å². The molecule has 32 heavy (non-hydrogen) atoms. The van der Waals surface area contributed by atoms with Gasteiger partial charge in [0, 0.05) is 19.6 Å². The number of hydrogen-bond acceptors (Lipinski definition) is 5. The molecule has 8 heteroatoms. The zero-order valence-corrected chi connectivity index (χ0v) is 19.8. The molecule has 2 aromatic rings. The van der Waals surface area contributed by atoms with Gasteiger partial charge in [-0.3, -0.25) is 4.79 Å². The Balaban J connectivity index is 1.79. The molecule has 0 spiro atoms. The van der Waals surface area contributed by atoms with Crippen molar-refractivity contribution in [2.45, 2.75) is 57.1 Å². The van der Waals surface area contributed by atoms with Crippen molar-refractivity contribution in [2.24, 2.45) is 0 Å². The first kappa shape index (κ1) is 24.1. The summed E-state index contributed by atoms with van der Waals surface area (Å²) in [4.78, 5) is 15.0. The zero-order chi connectivity index (χ0) is 23.1. The van der Waals surface area contributed by atoms with E-state index in [1.54, 1.807) is 4.90 Å². The third-order valence-electron chi connectivity index (χ3n) is 5.34. The molecule has 3 rings (SSSR count). The summed E-state index contributed by atoms with van der Waals surface area (Å²) in [5.74, 6) is 0.863. The molecule has 1 fully saturated rings. The summed E-state index contributed by atoms with van der Waals surface area (Å²) in [5.41, 5.74) is 1.05. The lowest BCUT2D eigenvalue weighted by molar-refractivity contribution is 0.0758. The van der Waals surface area contributed by atoms with Crippen molar-refractivity contribution in [3.05, 3.63) is 53.6 Å². The molecule has 1 aliphatic rings. The van der Waals surface area contributed by atoms with Gasteiger partial charge in [-0.05, 0) is 62.6 Å². The average Bonchev–Trinajstić information content (AvgIpc) is 3.06. The van der Waals surface area contributed by atoms with E-state index < -0.39 is 10.0 Å². The number of carbonyl (C=O) groups is 1. The van der Waals surface area contributed by atoms with Crippen LogP contribution in [0.3, 0.4) is 0 Å². The van der Waals surface area contributed by atoms with Crippen LogP contribution in [0, 0.1) is 0 Å². The van der Waals surface area contributed by atoms with Crippen LogP contribution < -0.4 is 14.2 Å². The Morgan fingerprint density at radius 3 is 2.44 bits per heavy atom. The standard InChI is InChI=1S/C24H32N2O5S/c1-18(2)31-20-10-8-9-19(15-20)17-25-32(28,29)21-11-12-23(30-3)22(16-21)24(27)26-13-6-4-5-7-14-26/h8-12,15-16,18,25H,4-7,13-14,17H2,1-3H3. The van der Waals surface area contributed by atoms with Crippen molar-refractivity contribution < 1.29 is 22.7 Å². The Kier molecular flexibility index (Phi) is 8.15. The fourth-order valence-corrected chi connectivity index (χ4v) is 4.77. The second-order valence-corrected chi connectivity index (χ2v) is 9.97. The van der Waals surface area contributed by atoms with Crippen molar-refractivity contribution in [2.75, 3.05) is 20.2 Å². The van der Waals surface area contributed by atoms with Crippen molar-refractivity contribution in [3.8, 4) is 11.5 Å². The van der Waals surface area contributed by atoms with Gasteiger partial charge < -0.3 is 14.4 Å². The fraction of sp³-hybridized carbons (Fsp3) is 0.458. The number of carbonyl (C=O) groups excluding carboxylic acids is 1. The van der Waals surface area contributed by atoms with Crippen LogP contribution in [0.2, 0.25) is 0 Å². The van der Waals surface area contributed by atoms with Crippen molar-refractivity contribution in [3.63, 3.8) is 0 Å². The van der Waals surface area contributed by atoms with E-state index in [1.165, 1.54) is 25.3 Å². The van der Waals surface area contributed by atoms with E-state index in [4.69, 9.17) is 9.47 Å². The van der Waals surface area contributed by atoms with Gasteiger partial charge in [0.2, 0.25) is 10.0 Å². The van der Waals surface area contributed by atoms with Crippen LogP contribution in [0.4, 0.5) is 0 Å². The van der Waals surface area contributed by atoms with Crippen LogP contribution >= 0.6 is 0 Å². The highest BCUT2D eigenvalue weighted by Crippen LogP contribution is 2.25. The number of hydrogen-bond donors (Lipinski definition) is 1. The number of likely N-dealkylation sites (tertiary alicyclic amines) is 1. The molecular formula is C24H32N2O5S. The van der Waals surface area contributed by atoms with E-state index in [0.717, 1.165) is 31.2 Å². The van der Waals surface area contributed by atoms with E-state index in [0.29, 0.717) is 24.6 Å². The highest BCUT2D eigenvalue weighted by molar-refractivity contribution is 7.89. The second kappa shape index (κ2) is 10.8. The van der Waals surface area contributed by atoms with Crippen molar-refractivity contribution in [1.29, 1.82) is 0 Å². The first-order chi connectivity index (χ1) is 15.3. The molecule has 0 radical (unpaired) electrons. The van der Waals surface area contributed by atoms with Gasteiger partial charge in [-0.15, -0.1) is 0 Å². The fourth-order valence-electron chi connectivity index (χ4n) is 3.73. The molecule has 0 aromatic heterocycles. The Bertz CT molecular complexity index is 1030. The number of nitrogens with one attached hydrogen (secondary N) is 1. The minimum absolute atomic E-state index is 0.0291. The zero-order valence-electron chi connectivity index (χ0n) is 19.0. The largest absolute Gasteiger partial charge is 0.496 e. The van der Waals surface area contributed by atoms with Gasteiger partial charge >= 0.3 is 0 Å². The van der Waals surface area contributed by atoms with E-state index in [-0.39, 0.29) is 29.0 Å². The summed E-state index contributed by atoms with van der Waals surface area (Å²) in [6.45, 7) is 5.32. The lowest BCUT2D eigenvalue weighted by Gasteiger charge is -2.22. The molecule has 174 valence electrons. The lowest BCUT2D eigenvalue weighted by atomic mass is 10.1. The predicted octanol–water partition coefficient (Wildman–Crippen LogP) is 3.98. The molecule has 0 unspecified atom stereocenters. The summed E-state index contributed by atoms with van der Waals surface area (Å²) in [6, 6.07) is 11.7. The maximum atomic E-state index is 13.1. The second-order valence-electron chi connectivity index (χ2n) is 8.21. The van der Waals surface area contributed by atoms with Crippen LogP contribution in [-0.2, 0) is 16.6 Å². The van der Waals surface area contributed by atoms with Gasteiger partial charge in [0.05, 0.1) is 23.7 Å². The molecular weight excluding hydrogens is 428 g/mol. The van der Waals surface area contributed by atoms with E-state index in [2.05, 4.69) is 4.72 Å². The van der Waals surface area contributed by atoms with Gasteiger partial charge in [0.15, 0.2) is 0 Å². The summed E-state index contributed by atoms with van der Waals surface area (Å²) >= 11 is 0. The first-order valence-electron chi connectivity index (χ1n) is 11.0. The molecule has 1 N–H and O–H groups in total. The van der Waals surface area contributed by atoms with E-state index in [9.17, 15) is 13.2 Å². The Labute approximate surface area is 190 Å². The smallest absolute Gasteiger partial charge is 0.257 e. The van der Waals surface area contributed by atoms with Gasteiger partial charge in [-0.25, -0.2) is 13.1 Å². The third kappa shape index (κ3) is 6.23. The van der Waals surface area contributed by atoms with Gasteiger partial charge in [0.1, 0.15) is 11.5 Å². The first-order valence-corrected chi connectivity index (χ1v) is 12.5. The molecule has 0 aliphatic carbocycles. The summed E-state index contributed by atoms with van der Waals surface area (Å²) in [6.07, 6.45) is 4.13. The number of methoxy groups -OCH3 is 1. The van der Waals surface area contributed by atoms with Crippen LogP contribution in [0.25, 0.3) is 0 Å². The Hall–Kier alpha value is -2.58. The number of ether oxygens (including phenoxy) is 2. The lowest BCUT2D eigenvalue weighted by Crippen LogP contribution is -2.32. The maximum Gasteiger partial charge on any atom is 0.257 e.